The van der Waals surface area contributed by atoms with Crippen molar-refractivity contribution in [3.05, 3.63) is 62.0 Å². The van der Waals surface area contributed by atoms with Crippen molar-refractivity contribution in [3.8, 4) is 5.75 Å². The van der Waals surface area contributed by atoms with E-state index in [-0.39, 0.29) is 0 Å². The average molecular weight is 472 g/mol. The second-order valence-corrected chi connectivity index (χ2v) is 8.96. The van der Waals surface area contributed by atoms with Gasteiger partial charge in [0.25, 0.3) is 0 Å². The zero-order chi connectivity index (χ0) is 19.2. The van der Waals surface area contributed by atoms with Gasteiger partial charge in [-0.25, -0.2) is 0 Å². The molecule has 1 fully saturated rings. The third kappa shape index (κ3) is 6.37. The topological polar surface area (TPSA) is 47.3 Å². The Hall–Kier alpha value is -0.780. The summed E-state index contributed by atoms with van der Waals surface area (Å²) >= 11 is 15.8. The summed E-state index contributed by atoms with van der Waals surface area (Å²) in [6.45, 7) is 3.07. The Kier molecular flexibility index (Phi) is 7.86. The average Bonchev–Trinajstić information content (AvgIpc) is 3.09. The minimum Gasteiger partial charge on any atom is -0.489 e. The van der Waals surface area contributed by atoms with Gasteiger partial charge in [0.1, 0.15) is 12.4 Å². The first-order valence-corrected chi connectivity index (χ1v) is 10.9. The molecule has 0 saturated heterocycles. The third-order valence-corrected chi connectivity index (χ3v) is 6.28. The molecule has 1 aliphatic carbocycles. The number of hydrogen-bond donors (Lipinski definition) is 2. The van der Waals surface area contributed by atoms with Crippen LogP contribution in [0.5, 0.6) is 5.75 Å². The van der Waals surface area contributed by atoms with Crippen molar-refractivity contribution in [2.45, 2.75) is 32.4 Å². The number of benzene rings is 2. The smallest absolute Gasteiger partial charge is 0.121 e. The van der Waals surface area contributed by atoms with Gasteiger partial charge in [-0.15, -0.1) is 0 Å². The van der Waals surface area contributed by atoms with Crippen LogP contribution in [0.4, 0.5) is 0 Å². The summed E-state index contributed by atoms with van der Waals surface area (Å²) in [6.07, 6.45) is 3.77. The minimum absolute atomic E-state index is 0.452. The Morgan fingerprint density at radius 2 is 1.89 bits per heavy atom. The molecule has 3 rings (SSSR count). The van der Waals surface area contributed by atoms with Crippen LogP contribution >= 0.6 is 39.1 Å². The minimum atomic E-state index is 0.452. The molecule has 3 N–H and O–H groups in total. The molecule has 0 amide bonds. The van der Waals surface area contributed by atoms with Gasteiger partial charge in [-0.3, -0.25) is 0 Å². The Morgan fingerprint density at radius 3 is 2.63 bits per heavy atom. The normalized spacial score (nSPS) is 19.4. The van der Waals surface area contributed by atoms with Crippen LogP contribution in [0.15, 0.2) is 40.9 Å². The van der Waals surface area contributed by atoms with Crippen LogP contribution in [0.2, 0.25) is 10.0 Å². The predicted octanol–water partition coefficient (Wildman–Crippen LogP) is 5.80. The lowest BCUT2D eigenvalue weighted by Gasteiger charge is -2.13. The lowest BCUT2D eigenvalue weighted by molar-refractivity contribution is 0.305. The molecular formula is C21H25BrCl2N2O. The molecule has 2 atom stereocenters. The fourth-order valence-corrected chi connectivity index (χ4v) is 4.65. The van der Waals surface area contributed by atoms with Crippen LogP contribution < -0.4 is 15.8 Å². The molecule has 2 aromatic carbocycles. The number of halogens is 3. The molecule has 0 heterocycles. The molecule has 0 aromatic heterocycles. The van der Waals surface area contributed by atoms with E-state index in [1.807, 2.05) is 36.4 Å². The highest BCUT2D eigenvalue weighted by molar-refractivity contribution is 9.10. The van der Waals surface area contributed by atoms with Gasteiger partial charge in [0, 0.05) is 26.6 Å². The first kappa shape index (κ1) is 20.9. The molecule has 3 nitrogen and oxygen atoms in total. The molecule has 1 saturated carbocycles. The Balaban J connectivity index is 1.52. The highest BCUT2D eigenvalue weighted by atomic mass is 79.9. The highest BCUT2D eigenvalue weighted by Gasteiger charge is 2.22. The summed E-state index contributed by atoms with van der Waals surface area (Å²) < 4.78 is 6.88. The monoisotopic (exact) mass is 470 g/mol. The molecule has 0 spiro atoms. The Labute approximate surface area is 179 Å². The lowest BCUT2D eigenvalue weighted by Crippen LogP contribution is -2.21. The maximum atomic E-state index is 6.28. The number of rotatable bonds is 8. The van der Waals surface area contributed by atoms with Crippen molar-refractivity contribution in [1.82, 2.24) is 5.32 Å². The van der Waals surface area contributed by atoms with Gasteiger partial charge in [-0.05, 0) is 80.1 Å². The van der Waals surface area contributed by atoms with Crippen molar-refractivity contribution in [3.63, 3.8) is 0 Å². The number of nitrogens with one attached hydrogen (secondary N) is 1. The van der Waals surface area contributed by atoms with Crippen LogP contribution in [-0.4, -0.2) is 13.1 Å². The fourth-order valence-electron chi connectivity index (χ4n) is 3.60. The zero-order valence-corrected chi connectivity index (χ0v) is 18.3. The van der Waals surface area contributed by atoms with E-state index >= 15 is 0 Å². The largest absolute Gasteiger partial charge is 0.489 e. The van der Waals surface area contributed by atoms with E-state index in [0.29, 0.717) is 22.6 Å². The molecule has 2 aromatic rings. The molecule has 6 heteroatoms. The van der Waals surface area contributed by atoms with Gasteiger partial charge >= 0.3 is 0 Å². The third-order valence-electron chi connectivity index (χ3n) is 5.09. The quantitative estimate of drug-likeness (QED) is 0.511. The van der Waals surface area contributed by atoms with E-state index in [1.54, 1.807) is 0 Å². The molecule has 0 aliphatic heterocycles. The summed E-state index contributed by atoms with van der Waals surface area (Å²) in [4.78, 5) is 0. The van der Waals surface area contributed by atoms with Crippen LogP contribution in [0.25, 0.3) is 0 Å². The second kappa shape index (κ2) is 10.1. The predicted molar refractivity (Wildman–Crippen MR) is 117 cm³/mol. The summed E-state index contributed by atoms with van der Waals surface area (Å²) in [5, 5.41) is 4.93. The van der Waals surface area contributed by atoms with E-state index in [9.17, 15) is 0 Å². The maximum Gasteiger partial charge on any atom is 0.121 e. The van der Waals surface area contributed by atoms with Crippen LogP contribution in [0.3, 0.4) is 0 Å². The van der Waals surface area contributed by atoms with E-state index in [4.69, 9.17) is 33.7 Å². The van der Waals surface area contributed by atoms with Crippen LogP contribution in [-0.2, 0) is 13.2 Å². The van der Waals surface area contributed by atoms with E-state index in [1.165, 1.54) is 19.3 Å². The number of hydrogen-bond acceptors (Lipinski definition) is 3. The molecule has 146 valence electrons. The van der Waals surface area contributed by atoms with Crippen molar-refractivity contribution in [1.29, 1.82) is 0 Å². The Bertz CT molecular complexity index is 772. The maximum absolute atomic E-state index is 6.28. The van der Waals surface area contributed by atoms with Gasteiger partial charge in [0.15, 0.2) is 0 Å². The second-order valence-electron chi connectivity index (χ2n) is 7.23. The molecule has 1 aliphatic rings. The highest BCUT2D eigenvalue weighted by Crippen LogP contribution is 2.30. The lowest BCUT2D eigenvalue weighted by atomic mass is 10.1. The zero-order valence-electron chi connectivity index (χ0n) is 15.2. The van der Waals surface area contributed by atoms with Gasteiger partial charge in [0.05, 0.1) is 0 Å². The summed E-state index contributed by atoms with van der Waals surface area (Å²) in [5.41, 5.74) is 7.94. The van der Waals surface area contributed by atoms with Crippen molar-refractivity contribution in [2.24, 2.45) is 17.6 Å². The van der Waals surface area contributed by atoms with E-state index in [0.717, 1.165) is 46.9 Å². The van der Waals surface area contributed by atoms with Crippen LogP contribution in [0.1, 0.15) is 30.4 Å². The SMILES string of the molecule is NCC1CCC(CNCc2cc(Cl)cc(OCc3ccc(Cl)cc3Br)c2)C1. The molecular weight excluding hydrogens is 447 g/mol. The molecule has 2 unspecified atom stereocenters. The van der Waals surface area contributed by atoms with E-state index < -0.39 is 0 Å². The van der Waals surface area contributed by atoms with Gasteiger partial charge in [-0.1, -0.05) is 45.2 Å². The Morgan fingerprint density at radius 1 is 1.07 bits per heavy atom. The molecule has 0 radical (unpaired) electrons. The van der Waals surface area contributed by atoms with Crippen molar-refractivity contribution < 1.29 is 4.74 Å². The first-order chi connectivity index (χ1) is 13.0. The number of ether oxygens (including phenoxy) is 1. The number of nitrogens with two attached hydrogens (primary N) is 1. The molecule has 0 bridgehead atoms. The van der Waals surface area contributed by atoms with E-state index in [2.05, 4.69) is 21.2 Å². The van der Waals surface area contributed by atoms with Crippen molar-refractivity contribution >= 4 is 39.1 Å². The van der Waals surface area contributed by atoms with Crippen molar-refractivity contribution in [2.75, 3.05) is 13.1 Å². The molecule has 27 heavy (non-hydrogen) atoms. The summed E-state index contributed by atoms with van der Waals surface area (Å²) in [7, 11) is 0. The summed E-state index contributed by atoms with van der Waals surface area (Å²) in [6, 6.07) is 11.5. The van der Waals surface area contributed by atoms with Gasteiger partial charge in [0.2, 0.25) is 0 Å². The first-order valence-electron chi connectivity index (χ1n) is 9.30. The van der Waals surface area contributed by atoms with Crippen LogP contribution in [0, 0.1) is 11.8 Å². The van der Waals surface area contributed by atoms with Gasteiger partial charge < -0.3 is 15.8 Å². The standard InChI is InChI=1S/C21H25BrCl2N2O/c22-21-9-18(23)4-3-17(21)13-27-20-7-16(6-19(24)8-20)12-26-11-15-2-1-14(5-15)10-25/h3-4,6-9,14-15,26H,1-2,5,10-13,25H2. The van der Waals surface area contributed by atoms with Gasteiger partial charge in [-0.2, -0.15) is 0 Å². The fraction of sp³-hybridized carbons (Fsp3) is 0.429. The summed E-state index contributed by atoms with van der Waals surface area (Å²) in [5.74, 6) is 2.20.